The SMILES string of the molecule is CCOc1cccc(NC2CCN3CCCC3C2)c1. The number of nitrogens with one attached hydrogen (secondary N) is 1. The maximum atomic E-state index is 5.56. The Balaban J connectivity index is 1.60. The first-order chi connectivity index (χ1) is 9.35. The van der Waals surface area contributed by atoms with Gasteiger partial charge in [0.05, 0.1) is 6.61 Å². The van der Waals surface area contributed by atoms with E-state index in [0.29, 0.717) is 6.04 Å². The van der Waals surface area contributed by atoms with Crippen molar-refractivity contribution in [3.8, 4) is 5.75 Å². The van der Waals surface area contributed by atoms with Crippen LogP contribution in [0.1, 0.15) is 32.6 Å². The van der Waals surface area contributed by atoms with Gasteiger partial charge in [-0.1, -0.05) is 6.07 Å². The second-order valence-electron chi connectivity index (χ2n) is 5.66. The molecule has 0 aromatic heterocycles. The minimum atomic E-state index is 0.622. The third-order valence-electron chi connectivity index (χ3n) is 4.34. The van der Waals surface area contributed by atoms with Crippen LogP contribution >= 0.6 is 0 Å². The summed E-state index contributed by atoms with van der Waals surface area (Å²) < 4.78 is 5.56. The zero-order chi connectivity index (χ0) is 13.1. The topological polar surface area (TPSA) is 24.5 Å². The van der Waals surface area contributed by atoms with E-state index < -0.39 is 0 Å². The molecule has 0 aliphatic carbocycles. The number of fused-ring (bicyclic) bond motifs is 1. The molecular formula is C16H24N2O. The summed E-state index contributed by atoms with van der Waals surface area (Å²) in [6, 6.07) is 9.79. The van der Waals surface area contributed by atoms with Gasteiger partial charge in [0, 0.05) is 30.4 Å². The summed E-state index contributed by atoms with van der Waals surface area (Å²) in [5.74, 6) is 0.964. The van der Waals surface area contributed by atoms with Crippen LogP contribution in [0.2, 0.25) is 0 Å². The second-order valence-corrected chi connectivity index (χ2v) is 5.66. The molecular weight excluding hydrogens is 236 g/mol. The molecule has 2 saturated heterocycles. The largest absolute Gasteiger partial charge is 0.494 e. The molecule has 2 unspecified atom stereocenters. The van der Waals surface area contributed by atoms with E-state index in [2.05, 4.69) is 28.4 Å². The van der Waals surface area contributed by atoms with Gasteiger partial charge in [-0.15, -0.1) is 0 Å². The third-order valence-corrected chi connectivity index (χ3v) is 4.34. The summed E-state index contributed by atoms with van der Waals surface area (Å²) in [5.41, 5.74) is 1.20. The van der Waals surface area contributed by atoms with Gasteiger partial charge in [-0.05, 0) is 51.3 Å². The van der Waals surface area contributed by atoms with Crippen molar-refractivity contribution in [3.05, 3.63) is 24.3 Å². The Morgan fingerprint density at radius 2 is 2.26 bits per heavy atom. The lowest BCUT2D eigenvalue weighted by Gasteiger charge is -2.35. The van der Waals surface area contributed by atoms with Crippen molar-refractivity contribution in [3.63, 3.8) is 0 Å². The van der Waals surface area contributed by atoms with Crippen molar-refractivity contribution in [2.45, 2.75) is 44.7 Å². The van der Waals surface area contributed by atoms with E-state index in [-0.39, 0.29) is 0 Å². The zero-order valence-corrected chi connectivity index (χ0v) is 11.8. The number of nitrogens with zero attached hydrogens (tertiary/aromatic N) is 1. The van der Waals surface area contributed by atoms with Crippen molar-refractivity contribution in [2.24, 2.45) is 0 Å². The Kier molecular flexibility index (Phi) is 3.92. The molecule has 0 radical (unpaired) electrons. The molecule has 3 heteroatoms. The highest BCUT2D eigenvalue weighted by Gasteiger charge is 2.31. The summed E-state index contributed by atoms with van der Waals surface area (Å²) in [5, 5.41) is 3.69. The Morgan fingerprint density at radius 1 is 1.32 bits per heavy atom. The van der Waals surface area contributed by atoms with E-state index in [1.807, 2.05) is 13.0 Å². The van der Waals surface area contributed by atoms with Crippen molar-refractivity contribution in [1.82, 2.24) is 4.90 Å². The average Bonchev–Trinajstić information content (AvgIpc) is 2.87. The highest BCUT2D eigenvalue weighted by atomic mass is 16.5. The fraction of sp³-hybridized carbons (Fsp3) is 0.625. The van der Waals surface area contributed by atoms with E-state index in [4.69, 9.17) is 4.74 Å². The maximum absolute atomic E-state index is 5.56. The molecule has 2 aliphatic heterocycles. The van der Waals surface area contributed by atoms with Crippen LogP contribution in [0, 0.1) is 0 Å². The Labute approximate surface area is 115 Å². The molecule has 1 aromatic carbocycles. The van der Waals surface area contributed by atoms with Crippen molar-refractivity contribution < 1.29 is 4.74 Å². The van der Waals surface area contributed by atoms with Crippen LogP contribution in [0.4, 0.5) is 5.69 Å². The van der Waals surface area contributed by atoms with Crippen molar-refractivity contribution in [2.75, 3.05) is 25.0 Å². The smallest absolute Gasteiger partial charge is 0.121 e. The number of hydrogen-bond acceptors (Lipinski definition) is 3. The number of hydrogen-bond donors (Lipinski definition) is 1. The monoisotopic (exact) mass is 260 g/mol. The van der Waals surface area contributed by atoms with Crippen molar-refractivity contribution >= 4 is 5.69 Å². The predicted molar refractivity (Wildman–Crippen MR) is 78.9 cm³/mol. The maximum Gasteiger partial charge on any atom is 0.121 e. The first-order valence-corrected chi connectivity index (χ1v) is 7.58. The molecule has 2 aliphatic rings. The summed E-state index contributed by atoms with van der Waals surface area (Å²) in [7, 11) is 0. The van der Waals surface area contributed by atoms with Crippen LogP contribution in [0.3, 0.4) is 0 Å². The summed E-state index contributed by atoms with van der Waals surface area (Å²) in [6.07, 6.45) is 5.32. The minimum Gasteiger partial charge on any atom is -0.494 e. The fourth-order valence-corrected chi connectivity index (χ4v) is 3.43. The number of anilines is 1. The molecule has 0 bridgehead atoms. The van der Waals surface area contributed by atoms with Gasteiger partial charge in [0.2, 0.25) is 0 Å². The van der Waals surface area contributed by atoms with Gasteiger partial charge in [0.25, 0.3) is 0 Å². The molecule has 0 amide bonds. The number of rotatable bonds is 4. The van der Waals surface area contributed by atoms with Crippen LogP contribution in [-0.4, -0.2) is 36.7 Å². The summed E-state index contributed by atoms with van der Waals surface area (Å²) in [4.78, 5) is 2.66. The highest BCUT2D eigenvalue weighted by Crippen LogP contribution is 2.29. The molecule has 2 fully saturated rings. The van der Waals surface area contributed by atoms with Gasteiger partial charge in [-0.25, -0.2) is 0 Å². The Bertz CT molecular complexity index is 421. The number of piperidine rings is 1. The fourth-order valence-electron chi connectivity index (χ4n) is 3.43. The quantitative estimate of drug-likeness (QED) is 0.900. The predicted octanol–water partition coefficient (Wildman–Crippen LogP) is 3.12. The van der Waals surface area contributed by atoms with E-state index >= 15 is 0 Å². The average molecular weight is 260 g/mol. The standard InChI is InChI=1S/C16H24N2O/c1-2-19-16-7-3-5-13(12-16)17-14-8-10-18-9-4-6-15(18)11-14/h3,5,7,12,14-15,17H,2,4,6,8-11H2,1H3. The van der Waals surface area contributed by atoms with E-state index in [1.54, 1.807) is 0 Å². The third kappa shape index (κ3) is 3.03. The Morgan fingerprint density at radius 3 is 3.16 bits per heavy atom. The van der Waals surface area contributed by atoms with Gasteiger partial charge >= 0.3 is 0 Å². The summed E-state index contributed by atoms with van der Waals surface area (Å²) in [6.45, 7) is 5.32. The zero-order valence-electron chi connectivity index (χ0n) is 11.8. The van der Waals surface area contributed by atoms with E-state index in [0.717, 1.165) is 18.4 Å². The molecule has 3 nitrogen and oxygen atoms in total. The molecule has 2 heterocycles. The normalized spacial score (nSPS) is 27.0. The number of ether oxygens (including phenoxy) is 1. The van der Waals surface area contributed by atoms with Gasteiger partial charge in [-0.3, -0.25) is 0 Å². The Hall–Kier alpha value is -1.22. The van der Waals surface area contributed by atoms with Gasteiger partial charge in [-0.2, -0.15) is 0 Å². The summed E-state index contributed by atoms with van der Waals surface area (Å²) >= 11 is 0. The van der Waals surface area contributed by atoms with Crippen LogP contribution < -0.4 is 10.1 Å². The van der Waals surface area contributed by atoms with Gasteiger partial charge < -0.3 is 15.0 Å². The van der Waals surface area contributed by atoms with E-state index in [1.165, 1.54) is 44.5 Å². The molecule has 3 rings (SSSR count). The van der Waals surface area contributed by atoms with Crippen LogP contribution in [-0.2, 0) is 0 Å². The van der Waals surface area contributed by atoms with Crippen molar-refractivity contribution in [1.29, 1.82) is 0 Å². The highest BCUT2D eigenvalue weighted by molar-refractivity contribution is 5.49. The lowest BCUT2D eigenvalue weighted by molar-refractivity contribution is 0.188. The lowest BCUT2D eigenvalue weighted by Crippen LogP contribution is -2.42. The molecule has 0 spiro atoms. The molecule has 2 atom stereocenters. The first-order valence-electron chi connectivity index (χ1n) is 7.58. The molecule has 1 N–H and O–H groups in total. The van der Waals surface area contributed by atoms with Gasteiger partial charge in [0.1, 0.15) is 5.75 Å². The lowest BCUT2D eigenvalue weighted by atomic mass is 9.97. The molecule has 104 valence electrons. The second kappa shape index (κ2) is 5.83. The molecule has 1 aromatic rings. The van der Waals surface area contributed by atoms with Crippen LogP contribution in [0.25, 0.3) is 0 Å². The number of benzene rings is 1. The minimum absolute atomic E-state index is 0.622. The van der Waals surface area contributed by atoms with Crippen LogP contribution in [0.5, 0.6) is 5.75 Å². The van der Waals surface area contributed by atoms with Gasteiger partial charge in [0.15, 0.2) is 0 Å². The first kappa shape index (κ1) is 12.8. The molecule has 0 saturated carbocycles. The van der Waals surface area contributed by atoms with Crippen LogP contribution in [0.15, 0.2) is 24.3 Å². The molecule has 19 heavy (non-hydrogen) atoms. The van der Waals surface area contributed by atoms with E-state index in [9.17, 15) is 0 Å².